The van der Waals surface area contributed by atoms with E-state index in [1.807, 2.05) is 0 Å². The highest BCUT2D eigenvalue weighted by Gasteiger charge is 2.33. The minimum Gasteiger partial charge on any atom is -0.206 e. The molecule has 2 nitrogen and oxygen atoms in total. The van der Waals surface area contributed by atoms with Crippen molar-refractivity contribution in [2.45, 2.75) is 5.92 Å². The van der Waals surface area contributed by atoms with Gasteiger partial charge in [0.15, 0.2) is 40.8 Å². The summed E-state index contributed by atoms with van der Waals surface area (Å²) < 4.78 is 94.8. The van der Waals surface area contributed by atoms with Gasteiger partial charge < -0.3 is 0 Å². The van der Waals surface area contributed by atoms with Gasteiger partial charge in [0.05, 0.1) is 28.5 Å². The SMILES string of the molecule is N#CC(C#N)c1c(F)c(F)c2c(F)c(F)c(F)c(F)c2c1F. The molecule has 0 aliphatic heterocycles. The Morgan fingerprint density at radius 3 is 1.32 bits per heavy atom. The van der Waals surface area contributed by atoms with Gasteiger partial charge in [-0.1, -0.05) is 0 Å². The molecular weight excluding hydrogens is 317 g/mol. The molecule has 0 radical (unpaired) electrons. The zero-order valence-corrected chi connectivity index (χ0v) is 10.1. The lowest BCUT2D eigenvalue weighted by molar-refractivity contribution is 0.411. The third kappa shape index (κ3) is 1.86. The Labute approximate surface area is 117 Å². The van der Waals surface area contributed by atoms with Gasteiger partial charge in [-0.25, -0.2) is 30.7 Å². The quantitative estimate of drug-likeness (QED) is 0.454. The van der Waals surface area contributed by atoms with Gasteiger partial charge in [0.2, 0.25) is 0 Å². The number of fused-ring (bicyclic) bond motifs is 1. The van der Waals surface area contributed by atoms with Gasteiger partial charge in [0.25, 0.3) is 0 Å². The van der Waals surface area contributed by atoms with Crippen LogP contribution in [0.1, 0.15) is 11.5 Å². The molecule has 2 aromatic carbocycles. The van der Waals surface area contributed by atoms with Gasteiger partial charge >= 0.3 is 0 Å². The second-order valence-corrected chi connectivity index (χ2v) is 4.05. The number of hydrogen-bond acceptors (Lipinski definition) is 2. The molecule has 0 spiro atoms. The topological polar surface area (TPSA) is 47.6 Å². The summed E-state index contributed by atoms with van der Waals surface area (Å²) in [4.78, 5) is 0. The fraction of sp³-hybridized carbons (Fsp3) is 0.0769. The van der Waals surface area contributed by atoms with E-state index < -0.39 is 63.0 Å². The molecule has 0 atom stereocenters. The first kappa shape index (κ1) is 15.6. The lowest BCUT2D eigenvalue weighted by atomic mass is 9.95. The van der Waals surface area contributed by atoms with E-state index in [2.05, 4.69) is 0 Å². The highest BCUT2D eigenvalue weighted by molar-refractivity contribution is 5.86. The summed E-state index contributed by atoms with van der Waals surface area (Å²) in [6.07, 6.45) is 0. The number of nitriles is 2. The van der Waals surface area contributed by atoms with Crippen molar-refractivity contribution in [1.82, 2.24) is 0 Å². The molecule has 0 fully saturated rings. The monoisotopic (exact) mass is 318 g/mol. The molecule has 2 rings (SSSR count). The van der Waals surface area contributed by atoms with Crippen LogP contribution in [-0.4, -0.2) is 0 Å². The van der Waals surface area contributed by atoms with Gasteiger partial charge in [-0.3, -0.25) is 0 Å². The molecule has 0 aromatic heterocycles. The summed E-state index contributed by atoms with van der Waals surface area (Å²) >= 11 is 0. The molecule has 2 aromatic rings. The Kier molecular flexibility index (Phi) is 3.67. The molecule has 0 N–H and O–H groups in total. The molecule has 0 bridgehead atoms. The second-order valence-electron chi connectivity index (χ2n) is 4.05. The van der Waals surface area contributed by atoms with E-state index in [-0.39, 0.29) is 0 Å². The van der Waals surface area contributed by atoms with E-state index in [4.69, 9.17) is 10.5 Å². The van der Waals surface area contributed by atoms with Crippen molar-refractivity contribution in [3.05, 3.63) is 46.3 Å². The summed E-state index contributed by atoms with van der Waals surface area (Å²) in [6, 6.07) is 2.22. The fourth-order valence-electron chi connectivity index (χ4n) is 1.91. The molecule has 0 saturated carbocycles. The van der Waals surface area contributed by atoms with Crippen LogP contribution in [0.2, 0.25) is 0 Å². The Morgan fingerprint density at radius 2 is 0.909 bits per heavy atom. The van der Waals surface area contributed by atoms with Crippen LogP contribution in [0.15, 0.2) is 0 Å². The van der Waals surface area contributed by atoms with Crippen LogP contribution in [0.3, 0.4) is 0 Å². The maximum atomic E-state index is 14.1. The Morgan fingerprint density at radius 1 is 0.545 bits per heavy atom. The van der Waals surface area contributed by atoms with E-state index in [0.717, 1.165) is 12.1 Å². The summed E-state index contributed by atoms with van der Waals surface area (Å²) in [5.41, 5.74) is -1.51. The summed E-state index contributed by atoms with van der Waals surface area (Å²) in [6.45, 7) is 0. The van der Waals surface area contributed by atoms with E-state index in [0.29, 0.717) is 0 Å². The first-order valence-corrected chi connectivity index (χ1v) is 5.39. The second kappa shape index (κ2) is 5.19. The smallest absolute Gasteiger partial charge is 0.198 e. The molecule has 0 heterocycles. The van der Waals surface area contributed by atoms with Crippen LogP contribution in [0.25, 0.3) is 10.8 Å². The molecule has 9 heteroatoms. The maximum Gasteiger partial charge on any atom is 0.198 e. The predicted molar refractivity (Wildman–Crippen MR) is 57.6 cm³/mol. The number of rotatable bonds is 1. The van der Waals surface area contributed by atoms with Gasteiger partial charge in [-0.2, -0.15) is 10.5 Å². The minimum atomic E-state index is -2.45. The van der Waals surface area contributed by atoms with Crippen molar-refractivity contribution in [1.29, 1.82) is 10.5 Å². The zero-order valence-electron chi connectivity index (χ0n) is 10.1. The molecule has 0 amide bonds. The van der Waals surface area contributed by atoms with Crippen LogP contribution >= 0.6 is 0 Å². The average Bonchev–Trinajstić information content (AvgIpc) is 2.50. The molecule has 0 saturated heterocycles. The average molecular weight is 318 g/mol. The Bertz CT molecular complexity index is 879. The number of benzene rings is 2. The first-order valence-electron chi connectivity index (χ1n) is 5.39. The van der Waals surface area contributed by atoms with E-state index >= 15 is 0 Å². The molecule has 0 aliphatic rings. The normalized spacial score (nSPS) is 10.8. The van der Waals surface area contributed by atoms with Crippen molar-refractivity contribution in [3.8, 4) is 12.1 Å². The lowest BCUT2D eigenvalue weighted by Crippen LogP contribution is -2.10. The molecule has 22 heavy (non-hydrogen) atoms. The Hall–Kier alpha value is -2.81. The van der Waals surface area contributed by atoms with Crippen LogP contribution < -0.4 is 0 Å². The third-order valence-corrected chi connectivity index (χ3v) is 2.92. The molecular formula is C13HF7N2. The summed E-state index contributed by atoms with van der Waals surface area (Å²) in [5.74, 6) is -18.2. The van der Waals surface area contributed by atoms with Gasteiger partial charge in [-0.15, -0.1) is 0 Å². The number of hydrogen-bond donors (Lipinski definition) is 0. The fourth-order valence-corrected chi connectivity index (χ4v) is 1.91. The van der Waals surface area contributed by atoms with Gasteiger partial charge in [-0.05, 0) is 0 Å². The zero-order chi connectivity index (χ0) is 16.8. The summed E-state index contributed by atoms with van der Waals surface area (Å²) in [5, 5.41) is 13.7. The van der Waals surface area contributed by atoms with E-state index in [1.54, 1.807) is 0 Å². The largest absolute Gasteiger partial charge is 0.206 e. The standard InChI is InChI=1S/C13HF7N2/c14-7-4(3(1-21)2-22)8(15)9(16)6-5(7)10(17)12(19)13(20)11(6)18/h3H. The maximum absolute atomic E-state index is 14.1. The number of nitrogens with zero attached hydrogens (tertiary/aromatic N) is 2. The van der Waals surface area contributed by atoms with Gasteiger partial charge in [0.1, 0.15) is 5.82 Å². The van der Waals surface area contributed by atoms with Crippen molar-refractivity contribution in [2.24, 2.45) is 0 Å². The molecule has 0 unspecified atom stereocenters. The van der Waals surface area contributed by atoms with Crippen molar-refractivity contribution < 1.29 is 30.7 Å². The predicted octanol–water partition coefficient (Wildman–Crippen LogP) is 3.94. The van der Waals surface area contributed by atoms with E-state index in [1.165, 1.54) is 0 Å². The van der Waals surface area contributed by atoms with Crippen molar-refractivity contribution >= 4 is 10.8 Å². The van der Waals surface area contributed by atoms with Crippen molar-refractivity contribution in [3.63, 3.8) is 0 Å². The van der Waals surface area contributed by atoms with Crippen LogP contribution in [-0.2, 0) is 0 Å². The highest BCUT2D eigenvalue weighted by atomic mass is 19.2. The van der Waals surface area contributed by atoms with Gasteiger partial charge in [0, 0.05) is 0 Å². The van der Waals surface area contributed by atoms with Crippen LogP contribution in [0, 0.1) is 63.4 Å². The third-order valence-electron chi connectivity index (χ3n) is 2.92. The van der Waals surface area contributed by atoms with Crippen LogP contribution in [0.5, 0.6) is 0 Å². The molecule has 112 valence electrons. The van der Waals surface area contributed by atoms with Crippen LogP contribution in [0.4, 0.5) is 30.7 Å². The van der Waals surface area contributed by atoms with E-state index in [9.17, 15) is 30.7 Å². The minimum absolute atomic E-state index is 1.11. The Balaban J connectivity index is 3.16. The van der Waals surface area contributed by atoms with Crippen molar-refractivity contribution in [2.75, 3.05) is 0 Å². The highest BCUT2D eigenvalue weighted by Crippen LogP contribution is 2.36. The number of halogens is 7. The summed E-state index contributed by atoms with van der Waals surface area (Å²) in [7, 11) is 0. The molecule has 0 aliphatic carbocycles. The first-order chi connectivity index (χ1) is 10.3. The lowest BCUT2D eigenvalue weighted by Gasteiger charge is -2.12.